The second-order valence-electron chi connectivity index (χ2n) is 4.10. The molecule has 0 unspecified atom stereocenters. The van der Waals surface area contributed by atoms with Gasteiger partial charge in [0.25, 0.3) is 10.2 Å². The van der Waals surface area contributed by atoms with E-state index in [2.05, 4.69) is 4.72 Å². The van der Waals surface area contributed by atoms with E-state index in [9.17, 15) is 8.42 Å². The van der Waals surface area contributed by atoms with Crippen molar-refractivity contribution in [1.29, 1.82) is 0 Å². The molecule has 0 spiro atoms. The van der Waals surface area contributed by atoms with Crippen LogP contribution in [0.2, 0.25) is 0 Å². The van der Waals surface area contributed by atoms with Crippen molar-refractivity contribution in [2.75, 3.05) is 13.1 Å². The monoisotopic (exact) mass is 256 g/mol. The third-order valence-electron chi connectivity index (χ3n) is 2.80. The molecule has 17 heavy (non-hydrogen) atoms. The predicted molar refractivity (Wildman–Crippen MR) is 64.7 cm³/mol. The number of hydrogen-bond donors (Lipinski definition) is 2. The molecule has 1 aliphatic heterocycles. The van der Waals surface area contributed by atoms with E-state index in [1.165, 1.54) is 4.31 Å². The van der Waals surface area contributed by atoms with E-state index >= 15 is 0 Å². The topological polar surface area (TPSA) is 69.6 Å². The molecule has 6 heteroatoms. The average Bonchev–Trinajstić information content (AvgIpc) is 2.82. The van der Waals surface area contributed by atoms with Gasteiger partial charge in [-0.15, -0.1) is 0 Å². The van der Waals surface area contributed by atoms with E-state index in [0.29, 0.717) is 13.1 Å². The number of nitrogens with one attached hydrogen (secondary N) is 1. The Kier molecular flexibility index (Phi) is 3.66. The molecular weight excluding hydrogens is 240 g/mol. The van der Waals surface area contributed by atoms with Crippen LogP contribution in [0, 0.1) is 0 Å². The number of benzene rings is 1. The Balaban J connectivity index is 1.95. The summed E-state index contributed by atoms with van der Waals surface area (Å²) in [5.41, 5.74) is 0.825. The molecule has 1 fully saturated rings. The number of phenols is 1. The Morgan fingerprint density at radius 1 is 1.18 bits per heavy atom. The zero-order valence-corrected chi connectivity index (χ0v) is 10.3. The molecule has 1 heterocycles. The maximum atomic E-state index is 11.8. The maximum Gasteiger partial charge on any atom is 0.279 e. The molecule has 0 aromatic heterocycles. The lowest BCUT2D eigenvalue weighted by atomic mass is 10.2. The SMILES string of the molecule is O=S(=O)(NCc1ccc(O)cc1)N1CCCC1. The third kappa shape index (κ3) is 3.18. The summed E-state index contributed by atoms with van der Waals surface area (Å²) in [5.74, 6) is 0.177. The molecule has 1 aliphatic rings. The van der Waals surface area contributed by atoms with Crippen molar-refractivity contribution < 1.29 is 13.5 Å². The highest BCUT2D eigenvalue weighted by Crippen LogP contribution is 2.13. The van der Waals surface area contributed by atoms with Crippen LogP contribution in [0.4, 0.5) is 0 Å². The van der Waals surface area contributed by atoms with E-state index in [4.69, 9.17) is 5.11 Å². The molecule has 0 saturated carbocycles. The summed E-state index contributed by atoms with van der Waals surface area (Å²) < 4.78 is 27.7. The maximum absolute atomic E-state index is 11.8. The van der Waals surface area contributed by atoms with Crippen LogP contribution in [-0.4, -0.2) is 30.9 Å². The van der Waals surface area contributed by atoms with Crippen LogP contribution in [0.25, 0.3) is 0 Å². The van der Waals surface area contributed by atoms with Gasteiger partial charge in [0.05, 0.1) is 0 Å². The second-order valence-corrected chi connectivity index (χ2v) is 5.85. The minimum Gasteiger partial charge on any atom is -0.508 e. The Hall–Kier alpha value is -1.11. The van der Waals surface area contributed by atoms with E-state index in [1.807, 2.05) is 0 Å². The highest BCUT2D eigenvalue weighted by Gasteiger charge is 2.24. The van der Waals surface area contributed by atoms with Gasteiger partial charge in [-0.25, -0.2) is 0 Å². The summed E-state index contributed by atoms with van der Waals surface area (Å²) in [5, 5.41) is 9.11. The Morgan fingerprint density at radius 3 is 2.35 bits per heavy atom. The fourth-order valence-corrected chi connectivity index (χ4v) is 3.08. The van der Waals surface area contributed by atoms with Crippen LogP contribution < -0.4 is 4.72 Å². The lowest BCUT2D eigenvalue weighted by Crippen LogP contribution is -2.38. The van der Waals surface area contributed by atoms with Crippen LogP contribution in [0.15, 0.2) is 24.3 Å². The number of nitrogens with zero attached hydrogens (tertiary/aromatic N) is 1. The van der Waals surface area contributed by atoms with E-state index in [0.717, 1.165) is 18.4 Å². The van der Waals surface area contributed by atoms with Gasteiger partial charge in [0.1, 0.15) is 5.75 Å². The summed E-state index contributed by atoms with van der Waals surface area (Å²) in [6.45, 7) is 1.45. The standard InChI is InChI=1S/C11H16N2O3S/c14-11-5-3-10(4-6-11)9-12-17(15,16)13-7-1-2-8-13/h3-6,12,14H,1-2,7-9H2. The highest BCUT2D eigenvalue weighted by atomic mass is 32.2. The number of hydrogen-bond acceptors (Lipinski definition) is 3. The number of phenolic OH excluding ortho intramolecular Hbond substituents is 1. The van der Waals surface area contributed by atoms with Crippen molar-refractivity contribution in [1.82, 2.24) is 9.03 Å². The van der Waals surface area contributed by atoms with Crippen molar-refractivity contribution in [3.05, 3.63) is 29.8 Å². The first-order valence-electron chi connectivity index (χ1n) is 5.60. The molecule has 2 N–H and O–H groups in total. The molecule has 2 rings (SSSR count). The van der Waals surface area contributed by atoms with Crippen molar-refractivity contribution in [3.63, 3.8) is 0 Å². The van der Waals surface area contributed by atoms with Crippen LogP contribution in [0.5, 0.6) is 5.75 Å². The van der Waals surface area contributed by atoms with Crippen LogP contribution >= 0.6 is 0 Å². The smallest absolute Gasteiger partial charge is 0.279 e. The van der Waals surface area contributed by atoms with Crippen LogP contribution in [-0.2, 0) is 16.8 Å². The molecular formula is C11H16N2O3S. The number of rotatable bonds is 4. The molecule has 1 aromatic rings. The number of aromatic hydroxyl groups is 1. The molecule has 0 radical (unpaired) electrons. The minimum atomic E-state index is -3.35. The van der Waals surface area contributed by atoms with E-state index < -0.39 is 10.2 Å². The fraction of sp³-hybridized carbons (Fsp3) is 0.455. The van der Waals surface area contributed by atoms with Crippen LogP contribution in [0.1, 0.15) is 18.4 Å². The van der Waals surface area contributed by atoms with Crippen molar-refractivity contribution >= 4 is 10.2 Å². The van der Waals surface area contributed by atoms with Crippen molar-refractivity contribution in [2.24, 2.45) is 0 Å². The quantitative estimate of drug-likeness (QED) is 0.838. The summed E-state index contributed by atoms with van der Waals surface area (Å²) >= 11 is 0. The summed E-state index contributed by atoms with van der Waals surface area (Å²) in [7, 11) is -3.35. The summed E-state index contributed by atoms with van der Waals surface area (Å²) in [6, 6.07) is 6.47. The Labute approximate surface area is 101 Å². The first kappa shape index (κ1) is 12.3. The van der Waals surface area contributed by atoms with Gasteiger partial charge in [0.2, 0.25) is 0 Å². The molecule has 0 bridgehead atoms. The molecule has 0 amide bonds. The van der Waals surface area contributed by atoms with Crippen molar-refractivity contribution in [2.45, 2.75) is 19.4 Å². The van der Waals surface area contributed by atoms with Gasteiger partial charge in [-0.1, -0.05) is 12.1 Å². The first-order valence-corrected chi connectivity index (χ1v) is 7.04. The molecule has 1 aromatic carbocycles. The highest BCUT2D eigenvalue weighted by molar-refractivity contribution is 7.87. The second kappa shape index (κ2) is 5.03. The van der Waals surface area contributed by atoms with Gasteiger partial charge in [-0.2, -0.15) is 17.4 Å². The summed E-state index contributed by atoms with van der Waals surface area (Å²) in [4.78, 5) is 0. The van der Waals surface area contributed by atoms with Gasteiger partial charge in [0.15, 0.2) is 0 Å². The van der Waals surface area contributed by atoms with E-state index in [-0.39, 0.29) is 12.3 Å². The van der Waals surface area contributed by atoms with Gasteiger partial charge < -0.3 is 5.11 Å². The molecule has 0 aliphatic carbocycles. The third-order valence-corrected chi connectivity index (χ3v) is 4.35. The predicted octanol–water partition coefficient (Wildman–Crippen LogP) is 0.822. The Bertz CT molecular complexity index is 464. The van der Waals surface area contributed by atoms with Gasteiger partial charge in [0, 0.05) is 19.6 Å². The lowest BCUT2D eigenvalue weighted by molar-refractivity contribution is 0.464. The molecule has 1 saturated heterocycles. The van der Waals surface area contributed by atoms with Gasteiger partial charge >= 0.3 is 0 Å². The van der Waals surface area contributed by atoms with Gasteiger partial charge in [-0.3, -0.25) is 0 Å². The zero-order chi connectivity index (χ0) is 12.3. The van der Waals surface area contributed by atoms with E-state index in [1.54, 1.807) is 24.3 Å². The fourth-order valence-electron chi connectivity index (χ4n) is 1.81. The zero-order valence-electron chi connectivity index (χ0n) is 9.46. The normalized spacial score (nSPS) is 17.4. The average molecular weight is 256 g/mol. The van der Waals surface area contributed by atoms with Crippen LogP contribution in [0.3, 0.4) is 0 Å². The largest absolute Gasteiger partial charge is 0.508 e. The molecule has 0 atom stereocenters. The molecule has 5 nitrogen and oxygen atoms in total. The first-order chi connectivity index (χ1) is 8.08. The summed E-state index contributed by atoms with van der Waals surface area (Å²) in [6.07, 6.45) is 1.86. The van der Waals surface area contributed by atoms with Crippen molar-refractivity contribution in [3.8, 4) is 5.75 Å². The minimum absolute atomic E-state index is 0.177. The van der Waals surface area contributed by atoms with Gasteiger partial charge in [-0.05, 0) is 30.5 Å². The molecule has 94 valence electrons. The Morgan fingerprint density at radius 2 is 1.76 bits per heavy atom. The lowest BCUT2D eigenvalue weighted by Gasteiger charge is -2.16.